The second kappa shape index (κ2) is 7.78. The minimum atomic E-state index is 0.371. The average molecular weight is 254 g/mol. The van der Waals surface area contributed by atoms with Crippen LogP contribution in [-0.2, 0) is 4.79 Å². The monoisotopic (exact) mass is 254 g/mol. The van der Waals surface area contributed by atoms with Crippen molar-refractivity contribution in [3.63, 3.8) is 0 Å². The molecule has 106 valence electrons. The highest BCUT2D eigenvalue weighted by Crippen LogP contribution is 2.25. The normalized spacial score (nSPS) is 23.3. The molecule has 3 heteroatoms. The Bertz CT molecular complexity index is 253. The maximum atomic E-state index is 12.0. The van der Waals surface area contributed by atoms with E-state index in [1.807, 2.05) is 7.05 Å². The van der Waals surface area contributed by atoms with Crippen LogP contribution < -0.4 is 5.32 Å². The van der Waals surface area contributed by atoms with Gasteiger partial charge in [-0.25, -0.2) is 0 Å². The number of hydrogen-bond acceptors (Lipinski definition) is 2. The lowest BCUT2D eigenvalue weighted by Gasteiger charge is -2.22. The van der Waals surface area contributed by atoms with Crippen LogP contribution in [0.5, 0.6) is 0 Å². The number of carbonyl (C=O) groups excluding carboxylic acids is 1. The largest absolute Gasteiger partial charge is 0.343 e. The summed E-state index contributed by atoms with van der Waals surface area (Å²) >= 11 is 0. The second-order valence-electron chi connectivity index (χ2n) is 6.04. The molecule has 0 aromatic heterocycles. The van der Waals surface area contributed by atoms with Crippen LogP contribution in [0.4, 0.5) is 0 Å². The molecule has 1 aliphatic rings. The first-order chi connectivity index (χ1) is 8.54. The van der Waals surface area contributed by atoms with Gasteiger partial charge in [0.05, 0.1) is 0 Å². The summed E-state index contributed by atoms with van der Waals surface area (Å²) in [5.74, 6) is 1.81. The van der Waals surface area contributed by atoms with Gasteiger partial charge in [-0.05, 0) is 51.5 Å². The molecule has 0 saturated carbocycles. The predicted octanol–water partition coefficient (Wildman–Crippen LogP) is 2.66. The van der Waals surface area contributed by atoms with Crippen molar-refractivity contribution in [1.82, 2.24) is 10.2 Å². The second-order valence-corrected chi connectivity index (χ2v) is 6.04. The third-order valence-corrected chi connectivity index (χ3v) is 4.35. The number of rotatable bonds is 6. The summed E-state index contributed by atoms with van der Waals surface area (Å²) in [7, 11) is 2.00. The first-order valence-corrected chi connectivity index (χ1v) is 7.49. The fraction of sp³-hybridized carbons (Fsp3) is 0.933. The SMILES string of the molecule is CNC(C)CCCN1CCC(C(C)C)CCC1=O. The molecule has 1 saturated heterocycles. The fourth-order valence-corrected chi connectivity index (χ4v) is 2.69. The molecule has 1 amide bonds. The molecule has 0 radical (unpaired) electrons. The highest BCUT2D eigenvalue weighted by Gasteiger charge is 2.23. The van der Waals surface area contributed by atoms with Gasteiger partial charge in [0.2, 0.25) is 5.91 Å². The minimum Gasteiger partial charge on any atom is -0.343 e. The number of nitrogens with zero attached hydrogens (tertiary/aromatic N) is 1. The Morgan fingerprint density at radius 2 is 2.06 bits per heavy atom. The summed E-state index contributed by atoms with van der Waals surface area (Å²) in [5, 5.41) is 3.24. The van der Waals surface area contributed by atoms with Crippen molar-refractivity contribution in [1.29, 1.82) is 0 Å². The number of carbonyl (C=O) groups is 1. The van der Waals surface area contributed by atoms with Crippen LogP contribution in [0, 0.1) is 11.8 Å². The Balaban J connectivity index is 2.34. The molecule has 0 aromatic carbocycles. The molecular formula is C15H30N2O. The third kappa shape index (κ3) is 4.97. The van der Waals surface area contributed by atoms with E-state index in [2.05, 4.69) is 31.0 Å². The molecule has 1 N–H and O–H groups in total. The third-order valence-electron chi connectivity index (χ3n) is 4.35. The molecule has 1 rings (SSSR count). The van der Waals surface area contributed by atoms with Crippen molar-refractivity contribution in [3.05, 3.63) is 0 Å². The van der Waals surface area contributed by atoms with E-state index in [9.17, 15) is 4.79 Å². The molecule has 1 heterocycles. The van der Waals surface area contributed by atoms with Gasteiger partial charge in [-0.2, -0.15) is 0 Å². The number of amides is 1. The zero-order valence-corrected chi connectivity index (χ0v) is 12.5. The van der Waals surface area contributed by atoms with Gasteiger partial charge in [0.15, 0.2) is 0 Å². The summed E-state index contributed by atoms with van der Waals surface area (Å²) in [6.45, 7) is 8.66. The fourth-order valence-electron chi connectivity index (χ4n) is 2.69. The molecule has 1 fully saturated rings. The van der Waals surface area contributed by atoms with Crippen LogP contribution in [0.1, 0.15) is 52.9 Å². The summed E-state index contributed by atoms with van der Waals surface area (Å²) in [6, 6.07) is 0.551. The van der Waals surface area contributed by atoms with Crippen LogP contribution in [0.25, 0.3) is 0 Å². The van der Waals surface area contributed by atoms with E-state index in [4.69, 9.17) is 0 Å². The van der Waals surface area contributed by atoms with Crippen molar-refractivity contribution in [2.75, 3.05) is 20.1 Å². The maximum absolute atomic E-state index is 12.0. The maximum Gasteiger partial charge on any atom is 0.222 e. The molecule has 18 heavy (non-hydrogen) atoms. The van der Waals surface area contributed by atoms with Crippen molar-refractivity contribution < 1.29 is 4.79 Å². The molecular weight excluding hydrogens is 224 g/mol. The Morgan fingerprint density at radius 3 is 2.67 bits per heavy atom. The molecule has 2 atom stereocenters. The first-order valence-electron chi connectivity index (χ1n) is 7.49. The first kappa shape index (κ1) is 15.5. The van der Waals surface area contributed by atoms with Crippen molar-refractivity contribution in [2.45, 2.75) is 58.9 Å². The topological polar surface area (TPSA) is 32.3 Å². The van der Waals surface area contributed by atoms with E-state index in [1.54, 1.807) is 0 Å². The Kier molecular flexibility index (Phi) is 6.69. The van der Waals surface area contributed by atoms with Crippen molar-refractivity contribution >= 4 is 5.91 Å². The summed E-state index contributed by atoms with van der Waals surface area (Å²) in [6.07, 6.45) is 5.28. The number of hydrogen-bond donors (Lipinski definition) is 1. The molecule has 0 aromatic rings. The highest BCUT2D eigenvalue weighted by molar-refractivity contribution is 5.76. The van der Waals surface area contributed by atoms with Gasteiger partial charge < -0.3 is 10.2 Å². The molecule has 2 unspecified atom stereocenters. The van der Waals surface area contributed by atoms with Crippen LogP contribution in [-0.4, -0.2) is 37.0 Å². The lowest BCUT2D eigenvalue weighted by Crippen LogP contribution is -2.32. The van der Waals surface area contributed by atoms with Crippen LogP contribution in [0.15, 0.2) is 0 Å². The van der Waals surface area contributed by atoms with E-state index < -0.39 is 0 Å². The van der Waals surface area contributed by atoms with E-state index in [-0.39, 0.29) is 0 Å². The summed E-state index contributed by atoms with van der Waals surface area (Å²) < 4.78 is 0. The number of nitrogens with one attached hydrogen (secondary N) is 1. The quantitative estimate of drug-likeness (QED) is 0.790. The van der Waals surface area contributed by atoms with Gasteiger partial charge in [0.25, 0.3) is 0 Å². The zero-order valence-electron chi connectivity index (χ0n) is 12.5. The summed E-state index contributed by atoms with van der Waals surface area (Å²) in [4.78, 5) is 14.1. The van der Waals surface area contributed by atoms with Gasteiger partial charge >= 0.3 is 0 Å². The standard InChI is InChI=1S/C15H30N2O/c1-12(2)14-7-8-15(18)17(11-9-14)10-5-6-13(3)16-4/h12-14,16H,5-11H2,1-4H3. The smallest absolute Gasteiger partial charge is 0.222 e. The zero-order chi connectivity index (χ0) is 13.5. The van der Waals surface area contributed by atoms with Gasteiger partial charge in [-0.3, -0.25) is 4.79 Å². The lowest BCUT2D eigenvalue weighted by molar-refractivity contribution is -0.130. The van der Waals surface area contributed by atoms with E-state index in [0.29, 0.717) is 17.9 Å². The highest BCUT2D eigenvalue weighted by atomic mass is 16.2. The molecule has 0 aliphatic carbocycles. The average Bonchev–Trinajstić information content (AvgIpc) is 2.52. The predicted molar refractivity (Wildman–Crippen MR) is 76.5 cm³/mol. The van der Waals surface area contributed by atoms with Gasteiger partial charge in [-0.1, -0.05) is 13.8 Å². The summed E-state index contributed by atoms with van der Waals surface area (Å²) in [5.41, 5.74) is 0. The van der Waals surface area contributed by atoms with Crippen molar-refractivity contribution in [2.24, 2.45) is 11.8 Å². The molecule has 3 nitrogen and oxygen atoms in total. The lowest BCUT2D eigenvalue weighted by atomic mass is 9.89. The van der Waals surface area contributed by atoms with Gasteiger partial charge in [0.1, 0.15) is 0 Å². The molecule has 0 spiro atoms. The van der Waals surface area contributed by atoms with Gasteiger partial charge in [-0.15, -0.1) is 0 Å². The Labute approximate surface area is 112 Å². The van der Waals surface area contributed by atoms with Crippen LogP contribution >= 0.6 is 0 Å². The van der Waals surface area contributed by atoms with Gasteiger partial charge in [0, 0.05) is 25.6 Å². The molecule has 1 aliphatic heterocycles. The van der Waals surface area contributed by atoms with E-state index >= 15 is 0 Å². The Morgan fingerprint density at radius 1 is 1.33 bits per heavy atom. The van der Waals surface area contributed by atoms with Crippen molar-refractivity contribution in [3.8, 4) is 0 Å². The van der Waals surface area contributed by atoms with E-state index in [1.165, 1.54) is 6.42 Å². The molecule has 0 bridgehead atoms. The van der Waals surface area contributed by atoms with Crippen LogP contribution in [0.2, 0.25) is 0 Å². The minimum absolute atomic E-state index is 0.371. The van der Waals surface area contributed by atoms with Crippen LogP contribution in [0.3, 0.4) is 0 Å². The van der Waals surface area contributed by atoms with E-state index in [0.717, 1.165) is 44.7 Å². The Hall–Kier alpha value is -0.570. The number of likely N-dealkylation sites (tertiary alicyclic amines) is 1.